The van der Waals surface area contributed by atoms with Crippen LogP contribution in [0.4, 0.5) is 10.1 Å². The van der Waals surface area contributed by atoms with Gasteiger partial charge in [0.1, 0.15) is 11.4 Å². The summed E-state index contributed by atoms with van der Waals surface area (Å²) in [5.74, 6) is -1.45. The number of nitro groups is 1. The van der Waals surface area contributed by atoms with Crippen LogP contribution in [0.3, 0.4) is 0 Å². The number of hydrogen-bond donors (Lipinski definition) is 2. The third-order valence-electron chi connectivity index (χ3n) is 4.01. The SMILES string of the molecule is O=C(NCC1(O)CCCCCC1)c1ccc(F)cc1[N+](=O)[O-]. The zero-order valence-electron chi connectivity index (χ0n) is 12.2. The maximum absolute atomic E-state index is 13.1. The highest BCUT2D eigenvalue weighted by atomic mass is 19.1. The van der Waals surface area contributed by atoms with Crippen LogP contribution in [0.1, 0.15) is 48.9 Å². The van der Waals surface area contributed by atoms with Crippen LogP contribution in [0.2, 0.25) is 0 Å². The minimum absolute atomic E-state index is 0.0420. The van der Waals surface area contributed by atoms with Crippen molar-refractivity contribution in [2.24, 2.45) is 0 Å². The van der Waals surface area contributed by atoms with Crippen molar-refractivity contribution < 1.29 is 19.2 Å². The van der Waals surface area contributed by atoms with E-state index < -0.39 is 27.9 Å². The van der Waals surface area contributed by atoms with Crippen molar-refractivity contribution in [2.75, 3.05) is 6.54 Å². The van der Waals surface area contributed by atoms with E-state index in [0.29, 0.717) is 12.8 Å². The average molecular weight is 310 g/mol. The maximum atomic E-state index is 13.1. The second-order valence-corrected chi connectivity index (χ2v) is 5.74. The lowest BCUT2D eigenvalue weighted by molar-refractivity contribution is -0.385. The molecule has 1 aliphatic carbocycles. The molecule has 0 aliphatic heterocycles. The number of benzene rings is 1. The molecule has 0 unspecified atom stereocenters. The molecule has 0 bridgehead atoms. The Kier molecular flexibility index (Phi) is 5.07. The molecule has 0 radical (unpaired) electrons. The molecule has 0 aromatic heterocycles. The smallest absolute Gasteiger partial charge is 0.285 e. The molecule has 0 spiro atoms. The van der Waals surface area contributed by atoms with Gasteiger partial charge >= 0.3 is 0 Å². The Hall–Kier alpha value is -2.02. The third kappa shape index (κ3) is 4.00. The summed E-state index contributed by atoms with van der Waals surface area (Å²) in [5, 5.41) is 23.9. The minimum Gasteiger partial charge on any atom is -0.388 e. The first-order valence-electron chi connectivity index (χ1n) is 7.36. The molecule has 1 amide bonds. The average Bonchev–Trinajstić information content (AvgIpc) is 2.70. The van der Waals surface area contributed by atoms with Crippen LogP contribution >= 0.6 is 0 Å². The molecule has 0 saturated heterocycles. The van der Waals surface area contributed by atoms with Crippen molar-refractivity contribution in [2.45, 2.75) is 44.1 Å². The van der Waals surface area contributed by atoms with Gasteiger partial charge < -0.3 is 10.4 Å². The number of nitrogens with zero attached hydrogens (tertiary/aromatic N) is 1. The van der Waals surface area contributed by atoms with Crippen LogP contribution in [0.25, 0.3) is 0 Å². The quantitative estimate of drug-likeness (QED) is 0.508. The Morgan fingerprint density at radius 1 is 1.32 bits per heavy atom. The zero-order valence-corrected chi connectivity index (χ0v) is 12.2. The Bertz CT molecular complexity index is 569. The number of carbonyl (C=O) groups is 1. The van der Waals surface area contributed by atoms with Crippen molar-refractivity contribution in [3.05, 3.63) is 39.7 Å². The van der Waals surface area contributed by atoms with Crippen molar-refractivity contribution in [3.8, 4) is 0 Å². The lowest BCUT2D eigenvalue weighted by Gasteiger charge is -2.26. The van der Waals surface area contributed by atoms with Gasteiger partial charge in [0, 0.05) is 6.54 Å². The van der Waals surface area contributed by atoms with Crippen LogP contribution in [0, 0.1) is 15.9 Å². The van der Waals surface area contributed by atoms with Crippen LogP contribution in [-0.2, 0) is 0 Å². The fourth-order valence-corrected chi connectivity index (χ4v) is 2.75. The molecule has 1 aliphatic rings. The minimum atomic E-state index is -0.971. The fraction of sp³-hybridized carbons (Fsp3) is 0.533. The molecular weight excluding hydrogens is 291 g/mol. The van der Waals surface area contributed by atoms with E-state index in [9.17, 15) is 24.4 Å². The molecule has 120 valence electrons. The van der Waals surface area contributed by atoms with Crippen LogP contribution in [0.15, 0.2) is 18.2 Å². The number of nitrogens with one attached hydrogen (secondary N) is 1. The molecule has 6 nitrogen and oxygen atoms in total. The van der Waals surface area contributed by atoms with Gasteiger partial charge in [-0.3, -0.25) is 14.9 Å². The lowest BCUT2D eigenvalue weighted by Crippen LogP contribution is -2.42. The standard InChI is InChI=1S/C15H19FN2O4/c16-11-5-6-12(13(9-11)18(21)22)14(19)17-10-15(20)7-3-1-2-4-8-15/h5-6,9,20H,1-4,7-8,10H2,(H,17,19). The van der Waals surface area contributed by atoms with E-state index in [4.69, 9.17) is 0 Å². The summed E-state index contributed by atoms with van der Waals surface area (Å²) in [6, 6.07) is 2.80. The van der Waals surface area contributed by atoms with Gasteiger partial charge in [-0.1, -0.05) is 25.7 Å². The molecule has 1 fully saturated rings. The summed E-state index contributed by atoms with van der Waals surface area (Å²) in [6.07, 6.45) is 5.09. The van der Waals surface area contributed by atoms with Gasteiger partial charge in [-0.05, 0) is 25.0 Å². The molecule has 2 rings (SSSR count). The summed E-state index contributed by atoms with van der Waals surface area (Å²) < 4.78 is 13.1. The van der Waals surface area contributed by atoms with Gasteiger partial charge in [0.25, 0.3) is 11.6 Å². The Labute approximate surface area is 127 Å². The van der Waals surface area contributed by atoms with E-state index in [-0.39, 0.29) is 12.1 Å². The van der Waals surface area contributed by atoms with Gasteiger partial charge in [0.05, 0.1) is 16.6 Å². The molecule has 1 aromatic carbocycles. The highest BCUT2D eigenvalue weighted by molar-refractivity contribution is 5.98. The van der Waals surface area contributed by atoms with E-state index in [1.807, 2.05) is 0 Å². The van der Waals surface area contributed by atoms with Gasteiger partial charge in [0.2, 0.25) is 0 Å². The van der Waals surface area contributed by atoms with E-state index in [0.717, 1.165) is 43.9 Å². The van der Waals surface area contributed by atoms with E-state index in [1.54, 1.807) is 0 Å². The van der Waals surface area contributed by atoms with Crippen LogP contribution in [-0.4, -0.2) is 28.1 Å². The number of rotatable bonds is 4. The monoisotopic (exact) mass is 310 g/mol. The molecule has 2 N–H and O–H groups in total. The highest BCUT2D eigenvalue weighted by Crippen LogP contribution is 2.26. The van der Waals surface area contributed by atoms with E-state index in [2.05, 4.69) is 5.32 Å². The molecule has 1 saturated carbocycles. The molecular formula is C15H19FN2O4. The van der Waals surface area contributed by atoms with E-state index in [1.165, 1.54) is 0 Å². The number of aliphatic hydroxyl groups is 1. The van der Waals surface area contributed by atoms with E-state index >= 15 is 0 Å². The molecule has 7 heteroatoms. The predicted octanol–water partition coefficient (Wildman–Crippen LogP) is 2.55. The fourth-order valence-electron chi connectivity index (χ4n) is 2.75. The predicted molar refractivity (Wildman–Crippen MR) is 78.0 cm³/mol. The van der Waals surface area contributed by atoms with Gasteiger partial charge in [-0.2, -0.15) is 0 Å². The number of nitro benzene ring substituents is 1. The number of carbonyl (C=O) groups excluding carboxylic acids is 1. The Balaban J connectivity index is 2.07. The van der Waals surface area contributed by atoms with Gasteiger partial charge in [0.15, 0.2) is 0 Å². The molecule has 0 heterocycles. The number of hydrogen-bond acceptors (Lipinski definition) is 4. The zero-order chi connectivity index (χ0) is 16.2. The van der Waals surface area contributed by atoms with Crippen LogP contribution in [0.5, 0.6) is 0 Å². The van der Waals surface area contributed by atoms with Gasteiger partial charge in [-0.25, -0.2) is 4.39 Å². The van der Waals surface area contributed by atoms with Crippen molar-refractivity contribution in [3.63, 3.8) is 0 Å². The lowest BCUT2D eigenvalue weighted by atomic mass is 9.94. The first-order valence-corrected chi connectivity index (χ1v) is 7.36. The summed E-state index contributed by atoms with van der Waals surface area (Å²) in [5.41, 5.74) is -1.75. The highest BCUT2D eigenvalue weighted by Gasteiger charge is 2.29. The van der Waals surface area contributed by atoms with Gasteiger partial charge in [-0.15, -0.1) is 0 Å². The maximum Gasteiger partial charge on any atom is 0.285 e. The largest absolute Gasteiger partial charge is 0.388 e. The second-order valence-electron chi connectivity index (χ2n) is 5.74. The number of halogens is 1. The topological polar surface area (TPSA) is 92.5 Å². The van der Waals surface area contributed by atoms with Crippen LogP contribution < -0.4 is 5.32 Å². The molecule has 0 atom stereocenters. The number of amides is 1. The Morgan fingerprint density at radius 2 is 1.95 bits per heavy atom. The second kappa shape index (κ2) is 6.83. The van der Waals surface area contributed by atoms with Crippen molar-refractivity contribution in [1.82, 2.24) is 5.32 Å². The first-order chi connectivity index (χ1) is 10.4. The Morgan fingerprint density at radius 3 is 2.55 bits per heavy atom. The third-order valence-corrected chi connectivity index (χ3v) is 4.01. The normalized spacial score (nSPS) is 17.5. The summed E-state index contributed by atoms with van der Waals surface area (Å²) in [4.78, 5) is 22.2. The summed E-state index contributed by atoms with van der Waals surface area (Å²) >= 11 is 0. The van der Waals surface area contributed by atoms with Crippen molar-refractivity contribution in [1.29, 1.82) is 0 Å². The first kappa shape index (κ1) is 16.4. The van der Waals surface area contributed by atoms with Crippen molar-refractivity contribution >= 4 is 11.6 Å². The summed E-state index contributed by atoms with van der Waals surface area (Å²) in [6.45, 7) is 0.0420. The molecule has 22 heavy (non-hydrogen) atoms. The summed E-state index contributed by atoms with van der Waals surface area (Å²) in [7, 11) is 0. The molecule has 1 aromatic rings.